The molecule has 0 aromatic carbocycles. The van der Waals surface area contributed by atoms with E-state index in [9.17, 15) is 10.2 Å². The first-order valence-electron chi connectivity index (χ1n) is 4.01. The Balaban J connectivity index is 2.74. The lowest BCUT2D eigenvalue weighted by molar-refractivity contribution is -0.0843. The second-order valence-corrected chi connectivity index (χ2v) is 3.76. The average Bonchev–Trinajstić information content (AvgIpc) is 2.13. The molecule has 3 heteroatoms. The molecule has 0 spiro atoms. The summed E-state index contributed by atoms with van der Waals surface area (Å²) in [4.78, 5) is 0. The van der Waals surface area contributed by atoms with Crippen molar-refractivity contribution >= 4 is 0 Å². The first kappa shape index (κ1) is 8.97. The van der Waals surface area contributed by atoms with Crippen LogP contribution in [-0.4, -0.2) is 33.6 Å². The molecule has 1 fully saturated rings. The number of hydrogen-bond donors (Lipinski definition) is 3. The monoisotopic (exact) mass is 160 g/mol. The first-order chi connectivity index (χ1) is 5.00. The van der Waals surface area contributed by atoms with Crippen molar-refractivity contribution in [2.45, 2.75) is 32.0 Å². The van der Waals surface area contributed by atoms with E-state index in [0.717, 1.165) is 0 Å². The maximum absolute atomic E-state index is 9.68. The topological polar surface area (TPSA) is 60.7 Å². The van der Waals surface area contributed by atoms with Gasteiger partial charge in [-0.05, 0) is 19.3 Å². The van der Waals surface area contributed by atoms with Crippen LogP contribution in [0.3, 0.4) is 0 Å². The van der Waals surface area contributed by atoms with Gasteiger partial charge in [-0.15, -0.1) is 0 Å². The van der Waals surface area contributed by atoms with Crippen LogP contribution in [0.4, 0.5) is 0 Å². The van der Waals surface area contributed by atoms with Crippen molar-refractivity contribution < 1.29 is 15.3 Å². The first-order valence-corrected chi connectivity index (χ1v) is 4.01. The highest BCUT2D eigenvalue weighted by molar-refractivity contribution is 4.98. The van der Waals surface area contributed by atoms with E-state index in [1.165, 1.54) is 0 Å². The van der Waals surface area contributed by atoms with Gasteiger partial charge in [0.05, 0.1) is 11.7 Å². The van der Waals surface area contributed by atoms with Crippen LogP contribution in [0, 0.1) is 11.8 Å². The maximum Gasteiger partial charge on any atom is 0.0930 e. The van der Waals surface area contributed by atoms with Gasteiger partial charge in [-0.2, -0.15) is 0 Å². The summed E-state index contributed by atoms with van der Waals surface area (Å²) in [6, 6.07) is 0. The van der Waals surface area contributed by atoms with Gasteiger partial charge in [0, 0.05) is 12.5 Å². The molecular formula is C8H16O3. The second-order valence-electron chi connectivity index (χ2n) is 3.76. The summed E-state index contributed by atoms with van der Waals surface area (Å²) in [6.07, 6.45) is 0.00431. The van der Waals surface area contributed by atoms with Crippen LogP contribution >= 0.6 is 0 Å². The summed E-state index contributed by atoms with van der Waals surface area (Å²) in [5, 5.41) is 28.0. The molecule has 1 rings (SSSR count). The molecule has 1 saturated carbocycles. The minimum atomic E-state index is -1.10. The van der Waals surface area contributed by atoms with Gasteiger partial charge in [0.25, 0.3) is 0 Å². The molecule has 3 nitrogen and oxygen atoms in total. The molecule has 0 heterocycles. The molecule has 0 aromatic heterocycles. The largest absolute Gasteiger partial charge is 0.396 e. The Morgan fingerprint density at radius 1 is 1.55 bits per heavy atom. The Bertz CT molecular complexity index is 144. The molecule has 4 atom stereocenters. The summed E-state index contributed by atoms with van der Waals surface area (Å²) in [5.74, 6) is -0.0883. The van der Waals surface area contributed by atoms with E-state index >= 15 is 0 Å². The van der Waals surface area contributed by atoms with Crippen LogP contribution in [0.2, 0.25) is 0 Å². The summed E-state index contributed by atoms with van der Waals surface area (Å²) in [5.41, 5.74) is -1.10. The Labute approximate surface area is 66.7 Å². The van der Waals surface area contributed by atoms with E-state index in [1.807, 2.05) is 6.92 Å². The quantitative estimate of drug-likeness (QED) is 0.495. The summed E-state index contributed by atoms with van der Waals surface area (Å²) in [7, 11) is 0. The standard InChI is InChI=1S/C8H16O3/c1-5-3-6(4-9)8(2,11)7(5)10/h5-7,9-11H,3-4H2,1-2H3/t5-,6+,7+,8-/m1/s1. The van der Waals surface area contributed by atoms with Gasteiger partial charge in [-0.1, -0.05) is 6.92 Å². The third kappa shape index (κ3) is 1.28. The molecule has 0 bridgehead atoms. The number of aliphatic hydroxyl groups is 3. The van der Waals surface area contributed by atoms with Crippen molar-refractivity contribution in [1.82, 2.24) is 0 Å². The van der Waals surface area contributed by atoms with Gasteiger partial charge < -0.3 is 15.3 Å². The smallest absolute Gasteiger partial charge is 0.0930 e. The fourth-order valence-corrected chi connectivity index (χ4v) is 1.89. The normalized spacial score (nSPS) is 51.5. The van der Waals surface area contributed by atoms with Crippen LogP contribution in [0.1, 0.15) is 20.3 Å². The lowest BCUT2D eigenvalue weighted by Gasteiger charge is -2.27. The third-order valence-electron chi connectivity index (χ3n) is 2.84. The predicted octanol–water partition coefficient (Wildman–Crippen LogP) is -0.253. The van der Waals surface area contributed by atoms with Gasteiger partial charge >= 0.3 is 0 Å². The minimum Gasteiger partial charge on any atom is -0.396 e. The summed E-state index contributed by atoms with van der Waals surface area (Å²) in [6.45, 7) is 3.42. The van der Waals surface area contributed by atoms with Crippen molar-refractivity contribution in [3.05, 3.63) is 0 Å². The molecule has 0 aliphatic heterocycles. The van der Waals surface area contributed by atoms with Gasteiger partial charge in [0.1, 0.15) is 0 Å². The predicted molar refractivity (Wildman–Crippen MR) is 41.0 cm³/mol. The van der Waals surface area contributed by atoms with Crippen molar-refractivity contribution in [3.8, 4) is 0 Å². The maximum atomic E-state index is 9.68. The molecule has 1 aliphatic rings. The van der Waals surface area contributed by atoms with Gasteiger partial charge in [0.15, 0.2) is 0 Å². The zero-order valence-corrected chi connectivity index (χ0v) is 6.99. The summed E-state index contributed by atoms with van der Waals surface area (Å²) < 4.78 is 0. The molecule has 0 radical (unpaired) electrons. The lowest BCUT2D eigenvalue weighted by Crippen LogP contribution is -2.42. The highest BCUT2D eigenvalue weighted by Crippen LogP contribution is 2.39. The van der Waals surface area contributed by atoms with Gasteiger partial charge in [-0.3, -0.25) is 0 Å². The van der Waals surface area contributed by atoms with Crippen molar-refractivity contribution in [2.24, 2.45) is 11.8 Å². The van der Waals surface area contributed by atoms with E-state index in [2.05, 4.69) is 0 Å². The molecule has 0 saturated heterocycles. The second kappa shape index (κ2) is 2.73. The molecule has 3 N–H and O–H groups in total. The Kier molecular flexibility index (Phi) is 2.23. The Morgan fingerprint density at radius 3 is 2.27 bits per heavy atom. The molecule has 11 heavy (non-hydrogen) atoms. The van der Waals surface area contributed by atoms with E-state index in [1.54, 1.807) is 6.92 Å². The highest BCUT2D eigenvalue weighted by atomic mass is 16.3. The van der Waals surface area contributed by atoms with Crippen LogP contribution in [0.15, 0.2) is 0 Å². The van der Waals surface area contributed by atoms with Crippen LogP contribution < -0.4 is 0 Å². The fraction of sp³-hybridized carbons (Fsp3) is 1.00. The molecule has 0 unspecified atom stereocenters. The zero-order chi connectivity index (χ0) is 8.65. The van der Waals surface area contributed by atoms with Crippen molar-refractivity contribution in [1.29, 1.82) is 0 Å². The Hall–Kier alpha value is -0.120. The third-order valence-corrected chi connectivity index (χ3v) is 2.84. The van der Waals surface area contributed by atoms with E-state index < -0.39 is 11.7 Å². The van der Waals surface area contributed by atoms with Crippen LogP contribution in [0.25, 0.3) is 0 Å². The molecule has 0 aromatic rings. The minimum absolute atomic E-state index is 0.0472. The van der Waals surface area contributed by atoms with Gasteiger partial charge in [-0.25, -0.2) is 0 Å². The molecule has 0 amide bonds. The van der Waals surface area contributed by atoms with E-state index in [0.29, 0.717) is 6.42 Å². The number of rotatable bonds is 1. The SMILES string of the molecule is C[C@@H]1C[C@@H](CO)[C@@](C)(O)[C@H]1O. The van der Waals surface area contributed by atoms with Crippen LogP contribution in [0.5, 0.6) is 0 Å². The number of aliphatic hydroxyl groups excluding tert-OH is 2. The zero-order valence-electron chi connectivity index (χ0n) is 6.99. The van der Waals surface area contributed by atoms with Crippen molar-refractivity contribution in [3.63, 3.8) is 0 Å². The lowest BCUT2D eigenvalue weighted by atomic mass is 9.92. The fourth-order valence-electron chi connectivity index (χ4n) is 1.89. The van der Waals surface area contributed by atoms with E-state index in [4.69, 9.17) is 5.11 Å². The molecule has 1 aliphatic carbocycles. The highest BCUT2D eigenvalue weighted by Gasteiger charge is 2.48. The average molecular weight is 160 g/mol. The summed E-state index contributed by atoms with van der Waals surface area (Å²) >= 11 is 0. The Morgan fingerprint density at radius 2 is 2.09 bits per heavy atom. The van der Waals surface area contributed by atoms with Crippen molar-refractivity contribution in [2.75, 3.05) is 6.61 Å². The van der Waals surface area contributed by atoms with E-state index in [-0.39, 0.29) is 18.4 Å². The van der Waals surface area contributed by atoms with Crippen LogP contribution in [-0.2, 0) is 0 Å². The number of hydrogen-bond acceptors (Lipinski definition) is 3. The molecule has 66 valence electrons. The van der Waals surface area contributed by atoms with Gasteiger partial charge in [0.2, 0.25) is 0 Å². The molecular weight excluding hydrogens is 144 g/mol.